The molecule has 2 aromatic rings. The lowest BCUT2D eigenvalue weighted by Gasteiger charge is -2.35. The van der Waals surface area contributed by atoms with Crippen LogP contribution in [0.4, 0.5) is 41.2 Å². The van der Waals surface area contributed by atoms with E-state index in [0.29, 0.717) is 43.6 Å². The van der Waals surface area contributed by atoms with Crippen molar-refractivity contribution in [3.05, 3.63) is 65.0 Å². The Morgan fingerprint density at radius 3 is 2.05 bits per heavy atom. The van der Waals surface area contributed by atoms with Gasteiger partial charge in [-0.2, -0.15) is 26.3 Å². The first-order chi connectivity index (χ1) is 20.1. The number of aliphatic hydroxyl groups excluding tert-OH is 1. The first kappa shape index (κ1) is 32.5. The third kappa shape index (κ3) is 7.21. The van der Waals surface area contributed by atoms with E-state index in [-0.39, 0.29) is 30.9 Å². The minimum absolute atomic E-state index is 0.0528. The van der Waals surface area contributed by atoms with Crippen LogP contribution in [0.1, 0.15) is 47.2 Å². The number of halogens is 7. The minimum atomic E-state index is -5.97. The number of aliphatic hydroxyl groups is 2. The number of hydrogen-bond donors (Lipinski definition) is 4. The van der Waals surface area contributed by atoms with Gasteiger partial charge in [0.2, 0.25) is 0 Å². The lowest BCUT2D eigenvalue weighted by atomic mass is 9.91. The Morgan fingerprint density at radius 2 is 1.49 bits per heavy atom. The van der Waals surface area contributed by atoms with E-state index in [1.807, 2.05) is 4.90 Å². The third-order valence-electron chi connectivity index (χ3n) is 7.77. The van der Waals surface area contributed by atoms with Crippen molar-refractivity contribution in [1.29, 1.82) is 0 Å². The molecule has 2 atom stereocenters. The van der Waals surface area contributed by atoms with Crippen LogP contribution >= 0.6 is 0 Å². The van der Waals surface area contributed by atoms with Crippen LogP contribution in [0.25, 0.3) is 0 Å². The molecule has 4 N–H and O–H groups in total. The molecule has 0 bridgehead atoms. The van der Waals surface area contributed by atoms with Gasteiger partial charge in [-0.25, -0.2) is 9.18 Å². The fourth-order valence-corrected chi connectivity index (χ4v) is 5.25. The number of nitrogens with one attached hydrogen (secondary N) is 2. The number of urea groups is 1. The molecule has 43 heavy (non-hydrogen) atoms. The Kier molecular flexibility index (Phi) is 9.57. The molecule has 2 aromatic carbocycles. The Hall–Kier alpha value is -3.43. The number of carbonyl (C=O) groups excluding carboxylic acids is 2. The van der Waals surface area contributed by atoms with Gasteiger partial charge in [0, 0.05) is 43.9 Å². The Balaban J connectivity index is 1.30. The van der Waals surface area contributed by atoms with Gasteiger partial charge in [0.05, 0.1) is 17.8 Å². The fraction of sp³-hybridized carbons (Fsp3) is 0.500. The van der Waals surface area contributed by atoms with Crippen LogP contribution in [0.2, 0.25) is 0 Å². The molecule has 236 valence electrons. The normalized spacial score (nSPS) is 20.5. The summed E-state index contributed by atoms with van der Waals surface area (Å²) in [6.07, 6.45) is -9.71. The van der Waals surface area contributed by atoms with Crippen LogP contribution in [0.5, 0.6) is 0 Å². The molecule has 8 nitrogen and oxygen atoms in total. The van der Waals surface area contributed by atoms with Gasteiger partial charge in [-0.1, -0.05) is 37.1 Å². The molecule has 2 aliphatic rings. The molecule has 1 aliphatic heterocycles. The van der Waals surface area contributed by atoms with Crippen LogP contribution in [0.3, 0.4) is 0 Å². The highest BCUT2D eigenvalue weighted by Crippen LogP contribution is 2.50. The molecular formula is C28H31F7N4O4. The number of hydrogen-bond acceptors (Lipinski definition) is 5. The average molecular weight is 621 g/mol. The van der Waals surface area contributed by atoms with Crippen LogP contribution in [0.15, 0.2) is 42.5 Å². The maximum Gasteiger partial charge on any atom is 0.430 e. The average Bonchev–Trinajstić information content (AvgIpc) is 2.94. The third-order valence-corrected chi connectivity index (χ3v) is 7.77. The molecule has 1 saturated carbocycles. The van der Waals surface area contributed by atoms with Gasteiger partial charge >= 0.3 is 18.4 Å². The molecular weight excluding hydrogens is 589 g/mol. The molecule has 0 unspecified atom stereocenters. The van der Waals surface area contributed by atoms with Crippen molar-refractivity contribution >= 4 is 17.6 Å². The van der Waals surface area contributed by atoms with Crippen LogP contribution < -0.4 is 10.6 Å². The summed E-state index contributed by atoms with van der Waals surface area (Å²) in [5, 5.41) is 24.5. The lowest BCUT2D eigenvalue weighted by molar-refractivity contribution is -0.376. The molecule has 15 heteroatoms. The first-order valence-electron chi connectivity index (χ1n) is 13.6. The molecule has 2 fully saturated rings. The zero-order valence-electron chi connectivity index (χ0n) is 22.8. The second-order valence-electron chi connectivity index (χ2n) is 10.7. The maximum absolute atomic E-state index is 14.7. The van der Waals surface area contributed by atoms with E-state index < -0.39 is 53.4 Å². The van der Waals surface area contributed by atoms with E-state index in [0.717, 1.165) is 31.0 Å². The van der Waals surface area contributed by atoms with Crippen LogP contribution in [0, 0.1) is 5.82 Å². The van der Waals surface area contributed by atoms with Crippen LogP contribution in [-0.4, -0.2) is 82.6 Å². The summed E-state index contributed by atoms with van der Waals surface area (Å²) in [7, 11) is 0. The van der Waals surface area contributed by atoms with Gasteiger partial charge in [0.1, 0.15) is 5.82 Å². The predicted molar refractivity (Wildman–Crippen MR) is 140 cm³/mol. The quantitative estimate of drug-likeness (QED) is 0.356. The summed E-state index contributed by atoms with van der Waals surface area (Å²) >= 11 is 0. The second-order valence-corrected chi connectivity index (χ2v) is 10.7. The van der Waals surface area contributed by atoms with Gasteiger partial charge in [0.25, 0.3) is 11.5 Å². The zero-order valence-corrected chi connectivity index (χ0v) is 22.8. The molecule has 1 aliphatic carbocycles. The second kappa shape index (κ2) is 12.7. The fourth-order valence-electron chi connectivity index (χ4n) is 5.25. The van der Waals surface area contributed by atoms with E-state index in [9.17, 15) is 50.5 Å². The molecule has 0 aromatic heterocycles. The van der Waals surface area contributed by atoms with Gasteiger partial charge in [-0.05, 0) is 36.6 Å². The highest BCUT2D eigenvalue weighted by molar-refractivity contribution is 5.95. The Labute approximate surface area is 242 Å². The van der Waals surface area contributed by atoms with Gasteiger partial charge in [-0.3, -0.25) is 9.69 Å². The van der Waals surface area contributed by atoms with E-state index >= 15 is 0 Å². The van der Waals surface area contributed by atoms with Crippen molar-refractivity contribution < 1.29 is 50.5 Å². The van der Waals surface area contributed by atoms with Crippen molar-refractivity contribution in [3.63, 3.8) is 0 Å². The summed E-state index contributed by atoms with van der Waals surface area (Å²) < 4.78 is 93.4. The highest BCUT2D eigenvalue weighted by Gasteiger charge is 2.71. The van der Waals surface area contributed by atoms with Crippen molar-refractivity contribution in [2.24, 2.45) is 0 Å². The lowest BCUT2D eigenvalue weighted by Crippen LogP contribution is -2.53. The monoisotopic (exact) mass is 620 g/mol. The van der Waals surface area contributed by atoms with E-state index in [1.54, 1.807) is 0 Å². The Morgan fingerprint density at radius 1 is 0.884 bits per heavy atom. The van der Waals surface area contributed by atoms with Gasteiger partial charge in [0.15, 0.2) is 0 Å². The largest absolute Gasteiger partial charge is 0.430 e. The summed E-state index contributed by atoms with van der Waals surface area (Å²) in [5.41, 5.74) is -6.02. The number of piperazine rings is 1. The van der Waals surface area contributed by atoms with E-state index in [1.165, 1.54) is 17.0 Å². The van der Waals surface area contributed by atoms with Crippen molar-refractivity contribution in [1.82, 2.24) is 15.1 Å². The van der Waals surface area contributed by atoms with Gasteiger partial charge in [-0.15, -0.1) is 0 Å². The summed E-state index contributed by atoms with van der Waals surface area (Å²) in [5.74, 6) is -1.28. The molecule has 0 radical (unpaired) electrons. The number of nitrogens with zero attached hydrogens (tertiary/aromatic N) is 2. The van der Waals surface area contributed by atoms with E-state index in [2.05, 4.69) is 10.6 Å². The number of rotatable bonds is 6. The molecule has 1 saturated heterocycles. The number of amides is 3. The van der Waals surface area contributed by atoms with Gasteiger partial charge < -0.3 is 25.7 Å². The summed E-state index contributed by atoms with van der Waals surface area (Å²) in [6.45, 7) is 1.29. The molecule has 3 amide bonds. The predicted octanol–water partition coefficient (Wildman–Crippen LogP) is 4.52. The zero-order chi connectivity index (χ0) is 31.6. The standard InChI is InChI=1S/C28H31F7N4O4/c29-20-15-18(7-10-21(20)36-25(42)37-22-3-1-2-4-23(22)40)24(41)39-13-11-38(12-14-39)16-17-5-8-19(9-6-17)26(43,27(30,31)32)28(33,34)35/h5-10,15,22-23,40,43H,1-4,11-14,16H2,(H2,36,37,42)/t22-,23-/m0/s1. The topological polar surface area (TPSA) is 105 Å². The Bertz CT molecular complexity index is 1280. The van der Waals surface area contributed by atoms with Crippen molar-refractivity contribution in [2.75, 3.05) is 31.5 Å². The maximum atomic E-state index is 14.7. The van der Waals surface area contributed by atoms with Crippen LogP contribution in [-0.2, 0) is 12.1 Å². The highest BCUT2D eigenvalue weighted by atomic mass is 19.4. The molecule has 4 rings (SSSR count). The molecule has 1 heterocycles. The molecule has 0 spiro atoms. The van der Waals surface area contributed by atoms with Crippen molar-refractivity contribution in [2.45, 2.75) is 62.3 Å². The number of alkyl halides is 6. The number of carbonyl (C=O) groups is 2. The minimum Gasteiger partial charge on any atom is -0.391 e. The summed E-state index contributed by atoms with van der Waals surface area (Å²) in [6, 6.07) is 5.86. The first-order valence-corrected chi connectivity index (χ1v) is 13.6. The SMILES string of the molecule is O=C(Nc1ccc(C(=O)N2CCN(Cc3ccc(C(O)(C(F)(F)F)C(F)(F)F)cc3)CC2)cc1F)N[C@H]1CCCC[C@@H]1O. The van der Waals surface area contributed by atoms with Crippen molar-refractivity contribution in [3.8, 4) is 0 Å². The number of anilines is 1. The summed E-state index contributed by atoms with van der Waals surface area (Å²) in [4.78, 5) is 28.5. The smallest absolute Gasteiger partial charge is 0.391 e. The van der Waals surface area contributed by atoms with E-state index in [4.69, 9.17) is 0 Å². The number of benzene rings is 2.